The second-order valence-electron chi connectivity index (χ2n) is 5.51. The monoisotopic (exact) mass is 202 g/mol. The Morgan fingerprint density at radius 1 is 1.07 bits per heavy atom. The van der Waals surface area contributed by atoms with Crippen LogP contribution >= 0.6 is 0 Å². The van der Waals surface area contributed by atoms with Crippen molar-refractivity contribution in [3.05, 3.63) is 0 Å². The van der Waals surface area contributed by atoms with Crippen molar-refractivity contribution in [2.75, 3.05) is 0 Å². The van der Waals surface area contributed by atoms with Crippen LogP contribution in [0, 0.1) is 11.8 Å². The summed E-state index contributed by atoms with van der Waals surface area (Å²) in [6.07, 6.45) is 2.44. The van der Waals surface area contributed by atoms with E-state index in [-0.39, 0.29) is 6.10 Å². The molecule has 86 valence electrons. The van der Waals surface area contributed by atoms with Crippen molar-refractivity contribution in [2.45, 2.75) is 65.6 Å². The normalized spacial score (nSPS) is 17.1. The second kappa shape index (κ2) is 5.72. The Labute approximate surface area is 88.3 Å². The summed E-state index contributed by atoms with van der Waals surface area (Å²) in [4.78, 5) is 0. The fourth-order valence-electron chi connectivity index (χ4n) is 1.74. The zero-order valence-corrected chi connectivity index (χ0v) is 10.2. The van der Waals surface area contributed by atoms with Gasteiger partial charge in [-0.1, -0.05) is 20.8 Å². The summed E-state index contributed by atoms with van der Waals surface area (Å²) in [5, 5.41) is 19.2. The molecule has 0 aromatic heterocycles. The largest absolute Gasteiger partial charge is 0.393 e. The SMILES string of the molecule is CC(C)[C@@H](O)CC[C@@H](C)CC(C)(C)O. The van der Waals surface area contributed by atoms with Gasteiger partial charge in [-0.05, 0) is 44.9 Å². The van der Waals surface area contributed by atoms with Crippen molar-refractivity contribution in [1.29, 1.82) is 0 Å². The lowest BCUT2D eigenvalue weighted by Gasteiger charge is -2.23. The summed E-state index contributed by atoms with van der Waals surface area (Å²) in [6.45, 7) is 9.87. The Kier molecular flexibility index (Phi) is 5.68. The van der Waals surface area contributed by atoms with Gasteiger partial charge in [-0.15, -0.1) is 0 Å². The van der Waals surface area contributed by atoms with E-state index in [1.807, 2.05) is 27.7 Å². The molecule has 0 amide bonds. The Hall–Kier alpha value is -0.0800. The minimum atomic E-state index is -0.581. The Balaban J connectivity index is 3.69. The fraction of sp³-hybridized carbons (Fsp3) is 1.00. The van der Waals surface area contributed by atoms with Crippen LogP contribution in [0.5, 0.6) is 0 Å². The van der Waals surface area contributed by atoms with E-state index in [9.17, 15) is 10.2 Å². The molecule has 0 fully saturated rings. The molecule has 0 aromatic rings. The fourth-order valence-corrected chi connectivity index (χ4v) is 1.74. The first kappa shape index (κ1) is 13.9. The summed E-state index contributed by atoms with van der Waals surface area (Å²) in [6, 6.07) is 0. The van der Waals surface area contributed by atoms with E-state index in [1.54, 1.807) is 0 Å². The minimum absolute atomic E-state index is 0.195. The highest BCUT2D eigenvalue weighted by atomic mass is 16.3. The van der Waals surface area contributed by atoms with Crippen LogP contribution in [0.2, 0.25) is 0 Å². The van der Waals surface area contributed by atoms with E-state index in [4.69, 9.17) is 0 Å². The van der Waals surface area contributed by atoms with Gasteiger partial charge in [0, 0.05) is 0 Å². The molecule has 0 aromatic carbocycles. The number of aliphatic hydroxyl groups excluding tert-OH is 1. The zero-order valence-electron chi connectivity index (χ0n) is 10.2. The summed E-state index contributed by atoms with van der Waals surface area (Å²) >= 11 is 0. The van der Waals surface area contributed by atoms with E-state index >= 15 is 0 Å². The maximum atomic E-state index is 9.61. The summed E-state index contributed by atoms with van der Waals surface area (Å²) in [7, 11) is 0. The maximum absolute atomic E-state index is 9.61. The predicted molar refractivity (Wildman–Crippen MR) is 60.2 cm³/mol. The average Bonchev–Trinajstić information content (AvgIpc) is 1.96. The Bertz CT molecular complexity index is 147. The first-order chi connectivity index (χ1) is 6.22. The molecule has 0 bridgehead atoms. The lowest BCUT2D eigenvalue weighted by molar-refractivity contribution is 0.0478. The average molecular weight is 202 g/mol. The highest BCUT2D eigenvalue weighted by Gasteiger charge is 2.18. The van der Waals surface area contributed by atoms with Crippen LogP contribution in [0.3, 0.4) is 0 Å². The minimum Gasteiger partial charge on any atom is -0.393 e. The third-order valence-corrected chi connectivity index (χ3v) is 2.57. The van der Waals surface area contributed by atoms with Crippen LogP contribution in [0.25, 0.3) is 0 Å². The van der Waals surface area contributed by atoms with E-state index in [0.29, 0.717) is 11.8 Å². The highest BCUT2D eigenvalue weighted by Crippen LogP contribution is 2.21. The van der Waals surface area contributed by atoms with Crippen molar-refractivity contribution in [1.82, 2.24) is 0 Å². The molecule has 0 aliphatic heterocycles. The van der Waals surface area contributed by atoms with Crippen molar-refractivity contribution in [2.24, 2.45) is 11.8 Å². The first-order valence-corrected chi connectivity index (χ1v) is 5.63. The lowest BCUT2D eigenvalue weighted by atomic mass is 9.89. The topological polar surface area (TPSA) is 40.5 Å². The van der Waals surface area contributed by atoms with E-state index in [1.165, 1.54) is 0 Å². The molecule has 0 rings (SSSR count). The standard InChI is InChI=1S/C12H26O2/c1-9(2)11(13)7-6-10(3)8-12(4,5)14/h9-11,13-14H,6-8H2,1-5H3/t10-,11+/m1/s1. The van der Waals surface area contributed by atoms with Gasteiger partial charge in [-0.25, -0.2) is 0 Å². The lowest BCUT2D eigenvalue weighted by Crippen LogP contribution is -2.23. The molecule has 0 radical (unpaired) electrons. The Morgan fingerprint density at radius 3 is 1.93 bits per heavy atom. The number of rotatable bonds is 6. The van der Waals surface area contributed by atoms with E-state index < -0.39 is 5.60 Å². The quantitative estimate of drug-likeness (QED) is 0.695. The zero-order chi connectivity index (χ0) is 11.4. The van der Waals surface area contributed by atoms with Crippen LogP contribution in [0.15, 0.2) is 0 Å². The van der Waals surface area contributed by atoms with Crippen LogP contribution in [0.4, 0.5) is 0 Å². The molecular formula is C12H26O2. The molecule has 14 heavy (non-hydrogen) atoms. The molecule has 0 saturated heterocycles. The first-order valence-electron chi connectivity index (χ1n) is 5.63. The van der Waals surface area contributed by atoms with E-state index in [0.717, 1.165) is 19.3 Å². The Morgan fingerprint density at radius 2 is 1.57 bits per heavy atom. The van der Waals surface area contributed by atoms with Gasteiger partial charge in [0.1, 0.15) is 0 Å². The summed E-state index contributed by atoms with van der Waals surface area (Å²) in [5.74, 6) is 0.813. The van der Waals surface area contributed by atoms with Gasteiger partial charge in [0.25, 0.3) is 0 Å². The van der Waals surface area contributed by atoms with Crippen LogP contribution in [0.1, 0.15) is 53.9 Å². The highest BCUT2D eigenvalue weighted by molar-refractivity contribution is 4.71. The van der Waals surface area contributed by atoms with Gasteiger partial charge in [0.15, 0.2) is 0 Å². The number of aliphatic hydroxyl groups is 2. The van der Waals surface area contributed by atoms with Gasteiger partial charge in [0.2, 0.25) is 0 Å². The van der Waals surface area contributed by atoms with E-state index in [2.05, 4.69) is 6.92 Å². The molecule has 2 N–H and O–H groups in total. The van der Waals surface area contributed by atoms with Crippen molar-refractivity contribution < 1.29 is 10.2 Å². The molecule has 0 spiro atoms. The molecule has 2 nitrogen and oxygen atoms in total. The molecule has 0 heterocycles. The number of hydrogen-bond donors (Lipinski definition) is 2. The van der Waals surface area contributed by atoms with Crippen LogP contribution in [-0.2, 0) is 0 Å². The van der Waals surface area contributed by atoms with Gasteiger partial charge in [-0.3, -0.25) is 0 Å². The third-order valence-electron chi connectivity index (χ3n) is 2.57. The molecule has 2 heteroatoms. The summed E-state index contributed by atoms with van der Waals surface area (Å²) in [5.41, 5.74) is -0.581. The second-order valence-corrected chi connectivity index (χ2v) is 5.51. The molecule has 0 saturated carbocycles. The molecule has 0 aliphatic rings. The third kappa shape index (κ3) is 7.34. The smallest absolute Gasteiger partial charge is 0.0594 e. The van der Waals surface area contributed by atoms with Gasteiger partial charge < -0.3 is 10.2 Å². The van der Waals surface area contributed by atoms with Gasteiger partial charge in [0.05, 0.1) is 11.7 Å². The molecule has 0 unspecified atom stereocenters. The van der Waals surface area contributed by atoms with Crippen molar-refractivity contribution in [3.63, 3.8) is 0 Å². The van der Waals surface area contributed by atoms with Crippen LogP contribution < -0.4 is 0 Å². The van der Waals surface area contributed by atoms with Gasteiger partial charge in [-0.2, -0.15) is 0 Å². The van der Waals surface area contributed by atoms with Crippen LogP contribution in [-0.4, -0.2) is 21.9 Å². The van der Waals surface area contributed by atoms with Gasteiger partial charge >= 0.3 is 0 Å². The maximum Gasteiger partial charge on any atom is 0.0594 e. The number of hydrogen-bond acceptors (Lipinski definition) is 2. The molecular weight excluding hydrogens is 176 g/mol. The summed E-state index contributed by atoms with van der Waals surface area (Å²) < 4.78 is 0. The van der Waals surface area contributed by atoms with Crippen molar-refractivity contribution in [3.8, 4) is 0 Å². The van der Waals surface area contributed by atoms with Crippen molar-refractivity contribution >= 4 is 0 Å². The predicted octanol–water partition coefficient (Wildman–Crippen LogP) is 2.58. The molecule has 2 atom stereocenters. The molecule has 0 aliphatic carbocycles.